The van der Waals surface area contributed by atoms with E-state index in [0.717, 1.165) is 39.6 Å². The van der Waals surface area contributed by atoms with Gasteiger partial charge in [0.05, 0.1) is 5.56 Å². The zero-order valence-electron chi connectivity index (χ0n) is 18.9. The standard InChI is InChI=1S/C26H26ClFN2O3/c1-5-30(21-11-15(2)24(27)16(3)12-21)20-8-6-7-18(13-20)19-9-10-22(23(28)14-19)25(31)29-17(4)26(32)33/h6-14,17H,5H2,1-4H3,(H,29,31)(H,32,33)/t17-/m0/s1. The van der Waals surface area contributed by atoms with Gasteiger partial charge >= 0.3 is 5.97 Å². The third-order valence-electron chi connectivity index (χ3n) is 5.47. The molecule has 0 spiro atoms. The zero-order valence-corrected chi connectivity index (χ0v) is 19.7. The summed E-state index contributed by atoms with van der Waals surface area (Å²) >= 11 is 6.33. The van der Waals surface area contributed by atoms with Crippen molar-refractivity contribution >= 4 is 34.9 Å². The Morgan fingerprint density at radius 3 is 2.24 bits per heavy atom. The van der Waals surface area contributed by atoms with E-state index in [0.29, 0.717) is 5.56 Å². The van der Waals surface area contributed by atoms with Crippen molar-refractivity contribution in [1.29, 1.82) is 0 Å². The highest BCUT2D eigenvalue weighted by molar-refractivity contribution is 6.32. The second-order valence-electron chi connectivity index (χ2n) is 7.92. The third-order valence-corrected chi connectivity index (χ3v) is 6.07. The molecule has 1 amide bonds. The Hall–Kier alpha value is -3.38. The van der Waals surface area contributed by atoms with Gasteiger partial charge in [-0.2, -0.15) is 0 Å². The van der Waals surface area contributed by atoms with Gasteiger partial charge in [0.2, 0.25) is 0 Å². The zero-order chi connectivity index (χ0) is 24.3. The molecule has 33 heavy (non-hydrogen) atoms. The molecule has 0 aliphatic carbocycles. The molecule has 0 saturated carbocycles. The molecular formula is C26H26ClFN2O3. The molecule has 172 valence electrons. The Kier molecular flexibility index (Phi) is 7.39. The number of anilines is 2. The number of carbonyl (C=O) groups excluding carboxylic acids is 1. The number of benzene rings is 3. The van der Waals surface area contributed by atoms with Crippen molar-refractivity contribution in [2.24, 2.45) is 0 Å². The molecular weight excluding hydrogens is 443 g/mol. The highest BCUT2D eigenvalue weighted by Gasteiger charge is 2.19. The minimum atomic E-state index is -1.19. The quantitative estimate of drug-likeness (QED) is 0.438. The SMILES string of the molecule is CCN(c1cccc(-c2ccc(C(=O)N[C@@H](C)C(=O)O)c(F)c2)c1)c1cc(C)c(Cl)c(C)c1. The van der Waals surface area contributed by atoms with Crippen LogP contribution in [-0.4, -0.2) is 29.6 Å². The molecule has 0 saturated heterocycles. The van der Waals surface area contributed by atoms with Gasteiger partial charge in [-0.15, -0.1) is 0 Å². The second-order valence-corrected chi connectivity index (χ2v) is 8.29. The lowest BCUT2D eigenvalue weighted by atomic mass is 10.0. The lowest BCUT2D eigenvalue weighted by Gasteiger charge is -2.25. The van der Waals surface area contributed by atoms with Crippen LogP contribution < -0.4 is 10.2 Å². The molecule has 0 unspecified atom stereocenters. The Labute approximate surface area is 197 Å². The first-order valence-corrected chi connectivity index (χ1v) is 11.0. The number of carbonyl (C=O) groups is 2. The van der Waals surface area contributed by atoms with Crippen molar-refractivity contribution in [2.45, 2.75) is 33.7 Å². The Bertz CT molecular complexity index is 1190. The summed E-state index contributed by atoms with van der Waals surface area (Å²) < 4.78 is 14.7. The van der Waals surface area contributed by atoms with E-state index < -0.39 is 23.7 Å². The van der Waals surface area contributed by atoms with Crippen LogP contribution >= 0.6 is 11.6 Å². The summed E-state index contributed by atoms with van der Waals surface area (Å²) in [5.41, 5.74) is 5.14. The summed E-state index contributed by atoms with van der Waals surface area (Å²) in [6.07, 6.45) is 0. The fourth-order valence-corrected chi connectivity index (χ4v) is 3.77. The molecule has 0 aromatic heterocycles. The number of rotatable bonds is 7. The molecule has 7 heteroatoms. The van der Waals surface area contributed by atoms with Crippen molar-refractivity contribution in [3.05, 3.63) is 82.1 Å². The van der Waals surface area contributed by atoms with Crippen LogP contribution in [0.1, 0.15) is 35.3 Å². The fourth-order valence-electron chi connectivity index (χ4n) is 3.66. The smallest absolute Gasteiger partial charge is 0.325 e. The summed E-state index contributed by atoms with van der Waals surface area (Å²) in [6.45, 7) is 8.04. The lowest BCUT2D eigenvalue weighted by molar-refractivity contribution is -0.138. The summed E-state index contributed by atoms with van der Waals surface area (Å²) in [5, 5.41) is 12.0. The highest BCUT2D eigenvalue weighted by Crippen LogP contribution is 2.33. The molecule has 0 radical (unpaired) electrons. The second kappa shape index (κ2) is 10.0. The number of carboxylic acids is 1. The van der Waals surface area contributed by atoms with Crippen molar-refractivity contribution < 1.29 is 19.1 Å². The molecule has 1 atom stereocenters. The van der Waals surface area contributed by atoms with Gasteiger partial charge in [0, 0.05) is 22.9 Å². The molecule has 0 heterocycles. The van der Waals surface area contributed by atoms with Crippen molar-refractivity contribution in [3.63, 3.8) is 0 Å². The van der Waals surface area contributed by atoms with Gasteiger partial charge in [-0.05, 0) is 86.3 Å². The molecule has 3 aromatic carbocycles. The average molecular weight is 469 g/mol. The molecule has 0 aliphatic rings. The number of halogens is 2. The first-order chi connectivity index (χ1) is 15.6. The number of aryl methyl sites for hydroxylation is 2. The fraction of sp³-hybridized carbons (Fsp3) is 0.231. The molecule has 3 aromatic rings. The minimum absolute atomic E-state index is 0.203. The van der Waals surface area contributed by atoms with Crippen LogP contribution in [-0.2, 0) is 4.79 Å². The predicted octanol–water partition coefficient (Wildman–Crippen LogP) is 6.12. The molecule has 0 fully saturated rings. The summed E-state index contributed by atoms with van der Waals surface area (Å²) in [6, 6.07) is 15.0. The maximum absolute atomic E-state index is 14.7. The summed E-state index contributed by atoms with van der Waals surface area (Å²) in [5.74, 6) is -2.68. The first-order valence-electron chi connectivity index (χ1n) is 10.6. The topological polar surface area (TPSA) is 69.6 Å². The largest absolute Gasteiger partial charge is 0.480 e. The van der Waals surface area contributed by atoms with E-state index in [2.05, 4.69) is 17.1 Å². The van der Waals surface area contributed by atoms with Gasteiger partial charge in [-0.3, -0.25) is 9.59 Å². The van der Waals surface area contributed by atoms with Crippen LogP contribution in [0.3, 0.4) is 0 Å². The van der Waals surface area contributed by atoms with Crippen LogP contribution in [0.5, 0.6) is 0 Å². The lowest BCUT2D eigenvalue weighted by Crippen LogP contribution is -2.38. The van der Waals surface area contributed by atoms with E-state index in [4.69, 9.17) is 16.7 Å². The van der Waals surface area contributed by atoms with Crippen molar-refractivity contribution in [2.75, 3.05) is 11.4 Å². The Balaban J connectivity index is 1.92. The van der Waals surface area contributed by atoms with E-state index in [1.54, 1.807) is 6.07 Å². The molecule has 2 N–H and O–H groups in total. The number of nitrogens with one attached hydrogen (secondary N) is 1. The van der Waals surface area contributed by atoms with E-state index >= 15 is 0 Å². The van der Waals surface area contributed by atoms with E-state index in [9.17, 15) is 14.0 Å². The first kappa shape index (κ1) is 24.3. The number of nitrogens with zero attached hydrogens (tertiary/aromatic N) is 1. The number of hydrogen-bond donors (Lipinski definition) is 2. The van der Waals surface area contributed by atoms with Gasteiger partial charge < -0.3 is 15.3 Å². The highest BCUT2D eigenvalue weighted by atomic mass is 35.5. The summed E-state index contributed by atoms with van der Waals surface area (Å²) in [7, 11) is 0. The van der Waals surface area contributed by atoms with Crippen LogP contribution in [0.2, 0.25) is 5.02 Å². The normalized spacial score (nSPS) is 11.7. The minimum Gasteiger partial charge on any atom is -0.480 e. The number of carboxylic acid groups (broad SMARTS) is 1. The average Bonchev–Trinajstić information content (AvgIpc) is 2.77. The Morgan fingerprint density at radius 1 is 1.03 bits per heavy atom. The predicted molar refractivity (Wildman–Crippen MR) is 130 cm³/mol. The molecule has 3 rings (SSSR count). The summed E-state index contributed by atoms with van der Waals surface area (Å²) in [4.78, 5) is 25.3. The van der Waals surface area contributed by atoms with Gasteiger partial charge in [0.15, 0.2) is 0 Å². The third kappa shape index (κ3) is 5.34. The van der Waals surface area contributed by atoms with Crippen LogP contribution in [0.25, 0.3) is 11.1 Å². The van der Waals surface area contributed by atoms with Gasteiger partial charge in [0.25, 0.3) is 5.91 Å². The Morgan fingerprint density at radius 2 is 1.67 bits per heavy atom. The maximum Gasteiger partial charge on any atom is 0.325 e. The van der Waals surface area contributed by atoms with Crippen molar-refractivity contribution in [3.8, 4) is 11.1 Å². The monoisotopic (exact) mass is 468 g/mol. The van der Waals surface area contributed by atoms with Crippen LogP contribution in [0.4, 0.5) is 15.8 Å². The van der Waals surface area contributed by atoms with Gasteiger partial charge in [-0.1, -0.05) is 29.8 Å². The van der Waals surface area contributed by atoms with E-state index in [1.165, 1.54) is 19.1 Å². The van der Waals surface area contributed by atoms with E-state index in [1.807, 2.05) is 50.2 Å². The van der Waals surface area contributed by atoms with Crippen LogP contribution in [0.15, 0.2) is 54.6 Å². The number of hydrogen-bond acceptors (Lipinski definition) is 3. The van der Waals surface area contributed by atoms with Crippen molar-refractivity contribution in [1.82, 2.24) is 5.32 Å². The molecule has 0 bridgehead atoms. The number of aliphatic carboxylic acids is 1. The van der Waals surface area contributed by atoms with Gasteiger partial charge in [-0.25, -0.2) is 4.39 Å². The van der Waals surface area contributed by atoms with Gasteiger partial charge in [0.1, 0.15) is 11.9 Å². The van der Waals surface area contributed by atoms with Crippen LogP contribution in [0, 0.1) is 19.7 Å². The van der Waals surface area contributed by atoms with E-state index in [-0.39, 0.29) is 5.56 Å². The molecule has 0 aliphatic heterocycles. The molecule has 5 nitrogen and oxygen atoms in total. The number of amides is 1. The maximum atomic E-state index is 14.7.